The van der Waals surface area contributed by atoms with Crippen molar-refractivity contribution in [2.75, 3.05) is 6.61 Å². The Bertz CT molecular complexity index is 1380. The molecule has 0 aliphatic heterocycles. The van der Waals surface area contributed by atoms with Crippen LogP contribution in [0, 0.1) is 18.3 Å². The fourth-order valence-corrected chi connectivity index (χ4v) is 4.09. The maximum atomic E-state index is 12.7. The van der Waals surface area contributed by atoms with Crippen LogP contribution in [0.1, 0.15) is 16.8 Å². The summed E-state index contributed by atoms with van der Waals surface area (Å²) in [4.78, 5) is 12.7. The lowest BCUT2D eigenvalue weighted by Crippen LogP contribution is -2.23. The van der Waals surface area contributed by atoms with Gasteiger partial charge in [-0.1, -0.05) is 72.3 Å². The highest BCUT2D eigenvalue weighted by Crippen LogP contribution is 2.28. The maximum Gasteiger partial charge on any atom is 0.262 e. The summed E-state index contributed by atoms with van der Waals surface area (Å²) in [5.74, 6) is 0.241. The third-order valence-electron chi connectivity index (χ3n) is 5.64. The molecular formula is C28H24ClN3O2. The molecule has 0 atom stereocenters. The normalized spacial score (nSPS) is 11.3. The molecule has 0 radical (unpaired) electrons. The third kappa shape index (κ3) is 5.14. The lowest BCUT2D eigenvalue weighted by Gasteiger charge is -2.11. The van der Waals surface area contributed by atoms with Crippen molar-refractivity contribution >= 4 is 34.5 Å². The van der Waals surface area contributed by atoms with Gasteiger partial charge in [0, 0.05) is 28.7 Å². The Labute approximate surface area is 203 Å². The Morgan fingerprint density at radius 3 is 2.53 bits per heavy atom. The first-order valence-electron chi connectivity index (χ1n) is 11.0. The van der Waals surface area contributed by atoms with Crippen LogP contribution in [-0.4, -0.2) is 17.1 Å². The Hall–Kier alpha value is -4.01. The molecule has 0 bridgehead atoms. The summed E-state index contributed by atoms with van der Waals surface area (Å²) < 4.78 is 8.02. The van der Waals surface area contributed by atoms with Gasteiger partial charge >= 0.3 is 0 Å². The van der Waals surface area contributed by atoms with Gasteiger partial charge < -0.3 is 14.6 Å². The number of nitrogens with zero attached hydrogens (tertiary/aromatic N) is 2. The van der Waals surface area contributed by atoms with Crippen molar-refractivity contribution in [3.8, 4) is 11.8 Å². The smallest absolute Gasteiger partial charge is 0.262 e. The number of nitriles is 1. The second kappa shape index (κ2) is 10.7. The molecule has 0 saturated carbocycles. The second-order valence-corrected chi connectivity index (χ2v) is 8.19. The number of hydrogen-bond acceptors (Lipinski definition) is 3. The van der Waals surface area contributed by atoms with Crippen LogP contribution in [0.5, 0.6) is 5.75 Å². The van der Waals surface area contributed by atoms with E-state index in [-0.39, 0.29) is 5.57 Å². The Morgan fingerprint density at radius 1 is 1.06 bits per heavy atom. The average Bonchev–Trinajstić information content (AvgIpc) is 3.13. The van der Waals surface area contributed by atoms with Gasteiger partial charge in [-0.3, -0.25) is 4.79 Å². The molecule has 1 aromatic heterocycles. The summed E-state index contributed by atoms with van der Waals surface area (Å²) >= 11 is 6.20. The number of carbonyl (C=O) groups is 1. The van der Waals surface area contributed by atoms with Crippen LogP contribution >= 0.6 is 11.6 Å². The number of ether oxygens (including phenoxy) is 1. The molecule has 0 aliphatic rings. The summed E-state index contributed by atoms with van der Waals surface area (Å²) in [6.07, 6.45) is 1.67. The molecule has 0 fully saturated rings. The number of nitrogens with one attached hydrogen (secondary N) is 1. The van der Waals surface area contributed by atoms with Gasteiger partial charge in [-0.25, -0.2) is 0 Å². The lowest BCUT2D eigenvalue weighted by atomic mass is 10.1. The van der Waals surface area contributed by atoms with Crippen LogP contribution in [0.15, 0.2) is 84.4 Å². The van der Waals surface area contributed by atoms with Gasteiger partial charge in [0.25, 0.3) is 5.91 Å². The van der Waals surface area contributed by atoms with E-state index in [4.69, 9.17) is 16.3 Å². The van der Waals surface area contributed by atoms with Crippen LogP contribution in [0.2, 0.25) is 5.02 Å². The first-order chi connectivity index (χ1) is 16.6. The van der Waals surface area contributed by atoms with Gasteiger partial charge in [0.2, 0.25) is 0 Å². The minimum absolute atomic E-state index is 0.0641. The molecule has 1 heterocycles. The number of benzene rings is 3. The Balaban J connectivity index is 1.57. The third-order valence-corrected chi connectivity index (χ3v) is 5.95. The van der Waals surface area contributed by atoms with E-state index < -0.39 is 5.91 Å². The first-order valence-corrected chi connectivity index (χ1v) is 11.4. The molecule has 6 heteroatoms. The number of para-hydroxylation sites is 2. The molecule has 4 aromatic rings. The van der Waals surface area contributed by atoms with E-state index in [2.05, 4.69) is 16.0 Å². The van der Waals surface area contributed by atoms with Crippen LogP contribution in [0.25, 0.3) is 17.0 Å². The van der Waals surface area contributed by atoms with E-state index in [1.54, 1.807) is 12.1 Å². The van der Waals surface area contributed by atoms with Crippen molar-refractivity contribution in [1.82, 2.24) is 9.88 Å². The number of fused-ring (bicyclic) bond motifs is 1. The van der Waals surface area contributed by atoms with Gasteiger partial charge in [-0.15, -0.1) is 0 Å². The molecule has 4 rings (SSSR count). The fraction of sp³-hybridized carbons (Fsp3) is 0.143. The van der Waals surface area contributed by atoms with Crippen LogP contribution in [0.4, 0.5) is 0 Å². The van der Waals surface area contributed by atoms with Crippen LogP contribution in [-0.2, 0) is 17.9 Å². The van der Waals surface area contributed by atoms with E-state index in [0.29, 0.717) is 30.5 Å². The molecule has 0 spiro atoms. The zero-order chi connectivity index (χ0) is 23.9. The minimum Gasteiger partial charge on any atom is -0.490 e. The Morgan fingerprint density at radius 2 is 1.76 bits per heavy atom. The first kappa shape index (κ1) is 23.2. The average molecular weight is 470 g/mol. The number of halogens is 1. The van der Waals surface area contributed by atoms with Crippen molar-refractivity contribution in [2.24, 2.45) is 0 Å². The van der Waals surface area contributed by atoms with Gasteiger partial charge in [0.15, 0.2) is 0 Å². The molecule has 0 saturated heterocycles. The molecule has 1 amide bonds. The molecule has 0 unspecified atom stereocenters. The van der Waals surface area contributed by atoms with E-state index in [1.807, 2.05) is 79.7 Å². The van der Waals surface area contributed by atoms with E-state index >= 15 is 0 Å². The van der Waals surface area contributed by atoms with Crippen LogP contribution < -0.4 is 10.1 Å². The highest BCUT2D eigenvalue weighted by molar-refractivity contribution is 6.32. The molecule has 1 N–H and O–H groups in total. The van der Waals surface area contributed by atoms with Crippen LogP contribution in [0.3, 0.4) is 0 Å². The SMILES string of the molecule is Cc1c(/C=C(\C#N)C(=O)NCc2ccccc2)c2ccccc2n1CCOc1ccccc1Cl. The minimum atomic E-state index is -0.398. The molecule has 0 aliphatic carbocycles. The molecule has 170 valence electrons. The summed E-state index contributed by atoms with van der Waals surface area (Å²) in [6, 6.07) is 27.0. The molecular weight excluding hydrogens is 446 g/mol. The number of amides is 1. The van der Waals surface area contributed by atoms with Gasteiger partial charge in [0.05, 0.1) is 11.6 Å². The van der Waals surface area contributed by atoms with Crippen molar-refractivity contribution in [2.45, 2.75) is 20.0 Å². The quantitative estimate of drug-likeness (QED) is 0.258. The summed E-state index contributed by atoms with van der Waals surface area (Å²) in [7, 11) is 0. The topological polar surface area (TPSA) is 67.0 Å². The van der Waals surface area contributed by atoms with E-state index in [0.717, 1.165) is 27.7 Å². The molecule has 3 aromatic carbocycles. The Kier molecular flexibility index (Phi) is 7.31. The number of aromatic nitrogens is 1. The highest BCUT2D eigenvalue weighted by atomic mass is 35.5. The maximum absolute atomic E-state index is 12.7. The molecule has 5 nitrogen and oxygen atoms in total. The van der Waals surface area contributed by atoms with E-state index in [9.17, 15) is 10.1 Å². The standard InChI is InChI=1S/C28H24ClN3O2/c1-20-24(17-22(18-30)28(33)31-19-21-9-3-2-4-10-21)23-11-5-7-13-26(23)32(20)15-16-34-27-14-8-6-12-25(27)29/h2-14,17H,15-16,19H2,1H3,(H,31,33)/b22-17+. The summed E-state index contributed by atoms with van der Waals surface area (Å²) in [6.45, 7) is 3.36. The van der Waals surface area contributed by atoms with Crippen molar-refractivity contribution in [1.29, 1.82) is 5.26 Å². The number of carbonyl (C=O) groups excluding carboxylic acids is 1. The van der Waals surface area contributed by atoms with Gasteiger partial charge in [-0.2, -0.15) is 5.26 Å². The molecule has 34 heavy (non-hydrogen) atoms. The van der Waals surface area contributed by atoms with Crippen molar-refractivity contribution in [3.63, 3.8) is 0 Å². The van der Waals surface area contributed by atoms with E-state index in [1.165, 1.54) is 0 Å². The monoisotopic (exact) mass is 469 g/mol. The zero-order valence-electron chi connectivity index (χ0n) is 18.8. The highest BCUT2D eigenvalue weighted by Gasteiger charge is 2.16. The lowest BCUT2D eigenvalue weighted by molar-refractivity contribution is -0.117. The number of rotatable bonds is 8. The van der Waals surface area contributed by atoms with Crippen molar-refractivity contribution < 1.29 is 9.53 Å². The largest absolute Gasteiger partial charge is 0.490 e. The zero-order valence-corrected chi connectivity index (χ0v) is 19.5. The predicted octanol–water partition coefficient (Wildman–Crippen LogP) is 5.91. The predicted molar refractivity (Wildman–Crippen MR) is 136 cm³/mol. The van der Waals surface area contributed by atoms with Gasteiger partial charge in [-0.05, 0) is 36.8 Å². The van der Waals surface area contributed by atoms with Gasteiger partial charge in [0.1, 0.15) is 24.0 Å². The fourth-order valence-electron chi connectivity index (χ4n) is 3.90. The summed E-state index contributed by atoms with van der Waals surface area (Å²) in [5.41, 5.74) is 3.84. The summed E-state index contributed by atoms with van der Waals surface area (Å²) in [5, 5.41) is 14.1. The number of hydrogen-bond donors (Lipinski definition) is 1. The second-order valence-electron chi connectivity index (χ2n) is 7.78. The van der Waals surface area contributed by atoms with Crippen molar-refractivity contribution in [3.05, 3.63) is 106 Å².